The average molecular weight is 338 g/mol. The molecule has 0 saturated carbocycles. The van der Waals surface area contributed by atoms with Crippen LogP contribution in [0.3, 0.4) is 0 Å². The van der Waals surface area contributed by atoms with Crippen molar-refractivity contribution >= 4 is 5.82 Å². The molecule has 1 aromatic carbocycles. The second-order valence-electron chi connectivity index (χ2n) is 6.49. The Bertz CT molecular complexity index is 881. The van der Waals surface area contributed by atoms with Crippen molar-refractivity contribution in [1.29, 1.82) is 0 Å². The summed E-state index contributed by atoms with van der Waals surface area (Å²) in [6.45, 7) is 4.79. The lowest BCUT2D eigenvalue weighted by molar-refractivity contribution is 0.552. The quantitative estimate of drug-likeness (QED) is 0.748. The van der Waals surface area contributed by atoms with Gasteiger partial charge < -0.3 is 10.3 Å². The van der Waals surface area contributed by atoms with Gasteiger partial charge in [0.2, 0.25) is 5.56 Å². The molecule has 0 aliphatic heterocycles. The maximum absolute atomic E-state index is 13.1. The summed E-state index contributed by atoms with van der Waals surface area (Å²) >= 11 is 0. The number of H-pyrrole nitrogens is 1. The van der Waals surface area contributed by atoms with Gasteiger partial charge in [-0.2, -0.15) is 0 Å². The fourth-order valence-corrected chi connectivity index (χ4v) is 2.47. The van der Waals surface area contributed by atoms with Gasteiger partial charge in [-0.1, -0.05) is 26.0 Å². The molecule has 0 atom stereocenters. The molecular formula is C19H19FN4O. The molecule has 5 nitrogen and oxygen atoms in total. The molecule has 2 aromatic heterocycles. The van der Waals surface area contributed by atoms with Gasteiger partial charge in [-0.25, -0.2) is 4.39 Å². The Labute approximate surface area is 145 Å². The van der Waals surface area contributed by atoms with Gasteiger partial charge in [0, 0.05) is 29.8 Å². The number of nitrogens with one attached hydrogen (secondary N) is 2. The van der Waals surface area contributed by atoms with E-state index in [2.05, 4.69) is 34.3 Å². The summed E-state index contributed by atoms with van der Waals surface area (Å²) in [6, 6.07) is 13.4. The van der Waals surface area contributed by atoms with Gasteiger partial charge in [0.15, 0.2) is 0 Å². The summed E-state index contributed by atoms with van der Waals surface area (Å²) in [5, 5.41) is 11.6. The van der Waals surface area contributed by atoms with Gasteiger partial charge in [0.1, 0.15) is 11.6 Å². The van der Waals surface area contributed by atoms with E-state index in [0.717, 1.165) is 11.1 Å². The molecule has 3 rings (SSSR count). The third-order valence-corrected chi connectivity index (χ3v) is 4.08. The SMILES string of the molecule is CC(C)(CNc1ccc(-c2ccc(=O)[nH]c2)nn1)c1ccc(F)cc1. The van der Waals surface area contributed by atoms with Crippen LogP contribution < -0.4 is 10.9 Å². The second-order valence-corrected chi connectivity index (χ2v) is 6.49. The minimum atomic E-state index is -0.240. The first-order valence-corrected chi connectivity index (χ1v) is 7.97. The summed E-state index contributed by atoms with van der Waals surface area (Å²) in [5.74, 6) is 0.416. The van der Waals surface area contributed by atoms with Crippen LogP contribution in [0.1, 0.15) is 19.4 Å². The number of hydrogen-bond donors (Lipinski definition) is 2. The van der Waals surface area contributed by atoms with E-state index < -0.39 is 0 Å². The lowest BCUT2D eigenvalue weighted by Gasteiger charge is -2.25. The van der Waals surface area contributed by atoms with Gasteiger partial charge in [0.05, 0.1) is 5.69 Å². The molecule has 0 aliphatic carbocycles. The number of aromatic nitrogens is 3. The molecule has 6 heteroatoms. The third-order valence-electron chi connectivity index (χ3n) is 4.08. The highest BCUT2D eigenvalue weighted by Gasteiger charge is 2.20. The van der Waals surface area contributed by atoms with Gasteiger partial charge in [-0.3, -0.25) is 4.79 Å². The number of nitrogens with zero attached hydrogens (tertiary/aromatic N) is 2. The van der Waals surface area contributed by atoms with Gasteiger partial charge >= 0.3 is 0 Å². The number of halogens is 1. The monoisotopic (exact) mass is 338 g/mol. The second kappa shape index (κ2) is 6.84. The maximum atomic E-state index is 13.1. The maximum Gasteiger partial charge on any atom is 0.247 e. The van der Waals surface area contributed by atoms with Crippen molar-refractivity contribution < 1.29 is 4.39 Å². The Kier molecular flexibility index (Phi) is 4.61. The summed E-state index contributed by atoms with van der Waals surface area (Å²) in [5.41, 5.74) is 2.18. The van der Waals surface area contributed by atoms with Gasteiger partial charge in [-0.05, 0) is 35.9 Å². The van der Waals surface area contributed by atoms with Crippen molar-refractivity contribution in [2.24, 2.45) is 0 Å². The van der Waals surface area contributed by atoms with Crippen molar-refractivity contribution in [2.45, 2.75) is 19.3 Å². The predicted octanol–water partition coefficient (Wildman–Crippen LogP) is 3.36. The Balaban J connectivity index is 1.68. The zero-order valence-electron chi connectivity index (χ0n) is 14.1. The average Bonchev–Trinajstić information content (AvgIpc) is 2.62. The molecule has 0 radical (unpaired) electrons. The molecule has 25 heavy (non-hydrogen) atoms. The first-order valence-electron chi connectivity index (χ1n) is 7.97. The molecule has 0 bridgehead atoms. The number of rotatable bonds is 5. The minimum absolute atomic E-state index is 0.155. The fourth-order valence-electron chi connectivity index (χ4n) is 2.47. The largest absolute Gasteiger partial charge is 0.368 e. The highest BCUT2D eigenvalue weighted by atomic mass is 19.1. The van der Waals surface area contributed by atoms with Crippen molar-refractivity contribution in [2.75, 3.05) is 11.9 Å². The van der Waals surface area contributed by atoms with Crippen LogP contribution in [0.15, 0.2) is 59.5 Å². The molecule has 0 spiro atoms. The summed E-state index contributed by atoms with van der Waals surface area (Å²) < 4.78 is 13.1. The van der Waals surface area contributed by atoms with Crippen molar-refractivity contribution in [1.82, 2.24) is 15.2 Å². The van der Waals surface area contributed by atoms with Crippen molar-refractivity contribution in [3.05, 3.63) is 76.5 Å². The summed E-state index contributed by atoms with van der Waals surface area (Å²) in [6.07, 6.45) is 1.61. The van der Waals surface area contributed by atoms with E-state index in [1.807, 2.05) is 12.1 Å². The molecule has 0 fully saturated rings. The lowest BCUT2D eigenvalue weighted by Crippen LogP contribution is -2.28. The van der Waals surface area contributed by atoms with Crippen LogP contribution in [-0.2, 0) is 5.41 Å². The van der Waals surface area contributed by atoms with Crippen LogP contribution in [-0.4, -0.2) is 21.7 Å². The molecule has 2 heterocycles. The Hall–Kier alpha value is -3.02. The molecule has 0 saturated heterocycles. The smallest absolute Gasteiger partial charge is 0.247 e. The number of aromatic amines is 1. The Morgan fingerprint density at radius 3 is 2.40 bits per heavy atom. The van der Waals surface area contributed by atoms with Crippen LogP contribution in [0.5, 0.6) is 0 Å². The first kappa shape index (κ1) is 16.8. The van der Waals surface area contributed by atoms with Crippen LogP contribution in [0.2, 0.25) is 0 Å². The number of anilines is 1. The zero-order valence-corrected chi connectivity index (χ0v) is 14.1. The molecule has 0 amide bonds. The van der Waals surface area contributed by atoms with Crippen LogP contribution in [0, 0.1) is 5.82 Å². The number of hydrogen-bond acceptors (Lipinski definition) is 4. The van der Waals surface area contributed by atoms with Crippen molar-refractivity contribution in [3.8, 4) is 11.3 Å². The van der Waals surface area contributed by atoms with E-state index in [0.29, 0.717) is 18.1 Å². The molecule has 0 unspecified atom stereocenters. The van der Waals surface area contributed by atoms with Gasteiger partial charge in [0.25, 0.3) is 0 Å². The van der Waals surface area contributed by atoms with E-state index in [9.17, 15) is 9.18 Å². The normalized spacial score (nSPS) is 11.3. The Morgan fingerprint density at radius 1 is 1.04 bits per heavy atom. The lowest BCUT2D eigenvalue weighted by atomic mass is 9.84. The van der Waals surface area contributed by atoms with Gasteiger partial charge in [-0.15, -0.1) is 10.2 Å². The molecule has 0 aliphatic rings. The van der Waals surface area contributed by atoms with Crippen LogP contribution in [0.4, 0.5) is 10.2 Å². The molecule has 2 N–H and O–H groups in total. The molecule has 128 valence electrons. The Morgan fingerprint density at radius 2 is 1.80 bits per heavy atom. The molecule has 3 aromatic rings. The highest BCUT2D eigenvalue weighted by Crippen LogP contribution is 2.24. The van der Waals surface area contributed by atoms with E-state index in [1.54, 1.807) is 24.4 Å². The van der Waals surface area contributed by atoms with E-state index in [1.165, 1.54) is 18.2 Å². The number of benzene rings is 1. The fraction of sp³-hybridized carbons (Fsp3) is 0.211. The third kappa shape index (κ3) is 4.09. The van der Waals surface area contributed by atoms with E-state index in [4.69, 9.17) is 0 Å². The van der Waals surface area contributed by atoms with Crippen molar-refractivity contribution in [3.63, 3.8) is 0 Å². The first-order chi connectivity index (χ1) is 11.9. The highest BCUT2D eigenvalue weighted by molar-refractivity contribution is 5.58. The molecular weight excluding hydrogens is 319 g/mol. The van der Waals surface area contributed by atoms with E-state index >= 15 is 0 Å². The summed E-state index contributed by atoms with van der Waals surface area (Å²) in [4.78, 5) is 13.7. The minimum Gasteiger partial charge on any atom is -0.368 e. The summed E-state index contributed by atoms with van der Waals surface area (Å²) in [7, 11) is 0. The van der Waals surface area contributed by atoms with E-state index in [-0.39, 0.29) is 16.8 Å². The predicted molar refractivity (Wildman–Crippen MR) is 96.0 cm³/mol. The number of pyridine rings is 1. The standard InChI is InChI=1S/C19H19FN4O/c1-19(2,14-4-6-15(20)7-5-14)12-22-17-9-8-16(23-24-17)13-3-10-18(25)21-11-13/h3-11H,12H2,1-2H3,(H,21,25)(H,22,24). The van der Waals surface area contributed by atoms with Crippen LogP contribution >= 0.6 is 0 Å². The van der Waals surface area contributed by atoms with Crippen LogP contribution in [0.25, 0.3) is 11.3 Å². The topological polar surface area (TPSA) is 70.7 Å². The zero-order chi connectivity index (χ0) is 17.9.